The summed E-state index contributed by atoms with van der Waals surface area (Å²) >= 11 is 0. The van der Waals surface area contributed by atoms with Gasteiger partial charge in [0.05, 0.1) is 5.69 Å². The van der Waals surface area contributed by atoms with E-state index in [2.05, 4.69) is 15.5 Å². The van der Waals surface area contributed by atoms with Gasteiger partial charge in [-0.15, -0.1) is 0 Å². The number of hydrogen-bond acceptors (Lipinski definition) is 6. The summed E-state index contributed by atoms with van der Waals surface area (Å²) in [5, 5.41) is 10.9. The van der Waals surface area contributed by atoms with E-state index in [9.17, 15) is 9.59 Å². The molecule has 9 heteroatoms. The van der Waals surface area contributed by atoms with Crippen LogP contribution in [0, 0.1) is 0 Å². The molecule has 4 rings (SSSR count). The van der Waals surface area contributed by atoms with Crippen LogP contribution >= 0.6 is 0 Å². The van der Waals surface area contributed by atoms with Gasteiger partial charge in [-0.1, -0.05) is 35.4 Å². The molecule has 3 aromatic rings. The predicted octanol–water partition coefficient (Wildman–Crippen LogP) is 0.297. The highest BCUT2D eigenvalue weighted by molar-refractivity contribution is 5.98. The molecule has 1 aliphatic rings. The van der Waals surface area contributed by atoms with E-state index in [4.69, 9.17) is 11.5 Å². The molecular weight excluding hydrogens is 346 g/mol. The second-order valence-electron chi connectivity index (χ2n) is 6.32. The number of anilines is 1. The van der Waals surface area contributed by atoms with Crippen molar-refractivity contribution in [3.05, 3.63) is 65.2 Å². The van der Waals surface area contributed by atoms with Gasteiger partial charge in [-0.3, -0.25) is 9.59 Å². The van der Waals surface area contributed by atoms with Crippen LogP contribution in [-0.2, 0) is 17.8 Å². The van der Waals surface area contributed by atoms with E-state index in [0.29, 0.717) is 24.2 Å². The van der Waals surface area contributed by atoms with Crippen LogP contribution < -0.4 is 11.5 Å². The summed E-state index contributed by atoms with van der Waals surface area (Å²) in [4.78, 5) is 26.7. The molecule has 0 unspecified atom stereocenters. The number of carbonyl (C=O) groups excluding carboxylic acids is 2. The summed E-state index contributed by atoms with van der Waals surface area (Å²) in [5.41, 5.74) is 14.3. The molecule has 2 aromatic carbocycles. The molecule has 4 N–H and O–H groups in total. The van der Waals surface area contributed by atoms with Crippen molar-refractivity contribution in [3.63, 3.8) is 0 Å². The van der Waals surface area contributed by atoms with Crippen LogP contribution in [0.2, 0.25) is 0 Å². The molecule has 2 amide bonds. The van der Waals surface area contributed by atoms with Crippen molar-refractivity contribution in [1.82, 2.24) is 25.1 Å². The smallest absolute Gasteiger partial charge is 0.254 e. The van der Waals surface area contributed by atoms with E-state index in [0.717, 1.165) is 11.1 Å². The number of hydrogen-bond donors (Lipinski definition) is 2. The van der Waals surface area contributed by atoms with Crippen molar-refractivity contribution < 1.29 is 9.59 Å². The summed E-state index contributed by atoms with van der Waals surface area (Å²) in [6, 6.07) is 13.8. The highest BCUT2D eigenvalue weighted by atomic mass is 16.2. The van der Waals surface area contributed by atoms with Crippen LogP contribution in [0.1, 0.15) is 21.5 Å². The Kier molecular flexibility index (Phi) is 4.03. The number of rotatable bonds is 3. The van der Waals surface area contributed by atoms with E-state index >= 15 is 0 Å². The Balaban J connectivity index is 1.69. The monoisotopic (exact) mass is 363 g/mol. The third kappa shape index (κ3) is 2.99. The van der Waals surface area contributed by atoms with Crippen LogP contribution in [0.5, 0.6) is 0 Å². The van der Waals surface area contributed by atoms with Gasteiger partial charge in [0.25, 0.3) is 5.91 Å². The minimum Gasteiger partial charge on any atom is -0.368 e. The van der Waals surface area contributed by atoms with Gasteiger partial charge in [0.1, 0.15) is 6.04 Å². The fourth-order valence-electron chi connectivity index (χ4n) is 3.31. The van der Waals surface area contributed by atoms with Gasteiger partial charge >= 0.3 is 0 Å². The van der Waals surface area contributed by atoms with Gasteiger partial charge in [0.15, 0.2) is 0 Å². The molecule has 136 valence electrons. The first-order valence-electron chi connectivity index (χ1n) is 8.36. The van der Waals surface area contributed by atoms with Gasteiger partial charge in [0, 0.05) is 18.5 Å². The van der Waals surface area contributed by atoms with Crippen LogP contribution in [0.25, 0.3) is 5.69 Å². The molecule has 1 aromatic heterocycles. The highest BCUT2D eigenvalue weighted by Crippen LogP contribution is 2.25. The molecule has 2 heterocycles. The fraction of sp³-hybridized carbons (Fsp3) is 0.167. The Morgan fingerprint density at radius 3 is 2.56 bits per heavy atom. The van der Waals surface area contributed by atoms with E-state index in [1.807, 2.05) is 24.3 Å². The van der Waals surface area contributed by atoms with Gasteiger partial charge in [-0.25, -0.2) is 0 Å². The molecule has 1 aliphatic heterocycles. The first kappa shape index (κ1) is 16.7. The largest absolute Gasteiger partial charge is 0.368 e. The first-order valence-corrected chi connectivity index (χ1v) is 8.36. The molecule has 0 fully saturated rings. The van der Waals surface area contributed by atoms with Crippen molar-refractivity contribution in [3.8, 4) is 5.69 Å². The number of nitrogens with zero attached hydrogens (tertiary/aromatic N) is 5. The van der Waals surface area contributed by atoms with Crippen molar-refractivity contribution >= 4 is 17.8 Å². The maximum Gasteiger partial charge on any atom is 0.254 e. The van der Waals surface area contributed by atoms with Crippen molar-refractivity contribution in [1.29, 1.82) is 0 Å². The first-order chi connectivity index (χ1) is 13.0. The van der Waals surface area contributed by atoms with Crippen LogP contribution in [0.15, 0.2) is 48.5 Å². The summed E-state index contributed by atoms with van der Waals surface area (Å²) in [7, 11) is 0. The highest BCUT2D eigenvalue weighted by Gasteiger charge is 2.33. The molecule has 0 saturated heterocycles. The average molecular weight is 363 g/mol. The fourth-order valence-corrected chi connectivity index (χ4v) is 3.31. The third-order valence-corrected chi connectivity index (χ3v) is 4.67. The predicted molar refractivity (Wildman–Crippen MR) is 96.6 cm³/mol. The second-order valence-corrected chi connectivity index (χ2v) is 6.32. The Morgan fingerprint density at radius 2 is 1.85 bits per heavy atom. The minimum atomic E-state index is -0.700. The topological polar surface area (TPSA) is 133 Å². The zero-order valence-corrected chi connectivity index (χ0v) is 14.3. The molecule has 9 nitrogen and oxygen atoms in total. The maximum absolute atomic E-state index is 13.2. The Labute approximate surface area is 154 Å². The van der Waals surface area contributed by atoms with E-state index in [-0.39, 0.29) is 11.9 Å². The number of amides is 2. The van der Waals surface area contributed by atoms with E-state index < -0.39 is 11.9 Å². The quantitative estimate of drug-likeness (QED) is 0.687. The number of primary amides is 1. The summed E-state index contributed by atoms with van der Waals surface area (Å²) in [6.07, 6.45) is 0.400. The SMILES string of the molecule is NC(=O)[C@@H]1Cc2ccccc2CN1C(=O)c1cccc(-n2nnnc2N)c1. The number of nitrogen functional groups attached to an aromatic ring is 1. The number of fused-ring (bicyclic) bond motifs is 1. The Hall–Kier alpha value is -3.75. The van der Waals surface area contributed by atoms with Gasteiger partial charge in [-0.2, -0.15) is 4.68 Å². The molecule has 0 spiro atoms. The summed E-state index contributed by atoms with van der Waals surface area (Å²) < 4.78 is 1.33. The molecule has 0 radical (unpaired) electrons. The van der Waals surface area contributed by atoms with Crippen molar-refractivity contribution in [2.75, 3.05) is 5.73 Å². The van der Waals surface area contributed by atoms with Crippen LogP contribution in [0.3, 0.4) is 0 Å². The summed E-state index contributed by atoms with van der Waals surface area (Å²) in [5.74, 6) is -0.706. The third-order valence-electron chi connectivity index (χ3n) is 4.67. The number of aromatic nitrogens is 4. The van der Waals surface area contributed by atoms with Crippen LogP contribution in [-0.4, -0.2) is 43.0 Å². The normalized spacial score (nSPS) is 16.0. The lowest BCUT2D eigenvalue weighted by Crippen LogP contribution is -2.51. The number of tetrazole rings is 1. The standard InChI is InChI=1S/C18H17N7O2/c19-16(26)15-9-11-4-1-2-5-13(11)10-24(15)17(27)12-6-3-7-14(8-12)25-18(20)21-22-23-25/h1-8,15H,9-10H2,(H2,19,26)(H2,20,21,23)/t15-/m0/s1. The summed E-state index contributed by atoms with van der Waals surface area (Å²) in [6.45, 7) is 0.319. The molecule has 1 atom stereocenters. The number of carbonyl (C=O) groups is 2. The second kappa shape index (κ2) is 6.52. The molecule has 0 aliphatic carbocycles. The minimum absolute atomic E-state index is 0.113. The van der Waals surface area contributed by atoms with Gasteiger partial charge in [0.2, 0.25) is 11.9 Å². The zero-order valence-electron chi connectivity index (χ0n) is 14.3. The molecule has 27 heavy (non-hydrogen) atoms. The molecule has 0 bridgehead atoms. The van der Waals surface area contributed by atoms with E-state index in [1.54, 1.807) is 24.3 Å². The van der Waals surface area contributed by atoms with Gasteiger partial charge in [-0.05, 0) is 39.8 Å². The van der Waals surface area contributed by atoms with Gasteiger partial charge < -0.3 is 16.4 Å². The Bertz CT molecular complexity index is 1030. The lowest BCUT2D eigenvalue weighted by molar-refractivity contribution is -0.122. The number of nitrogens with two attached hydrogens (primary N) is 2. The zero-order chi connectivity index (χ0) is 19.0. The van der Waals surface area contributed by atoms with E-state index in [1.165, 1.54) is 9.58 Å². The lowest BCUT2D eigenvalue weighted by atomic mass is 9.93. The van der Waals surface area contributed by atoms with Crippen molar-refractivity contribution in [2.45, 2.75) is 19.0 Å². The van der Waals surface area contributed by atoms with Crippen molar-refractivity contribution in [2.24, 2.45) is 5.73 Å². The molecule has 0 saturated carbocycles. The number of benzene rings is 2. The maximum atomic E-state index is 13.2. The molecular formula is C18H17N7O2. The average Bonchev–Trinajstić information content (AvgIpc) is 3.12. The lowest BCUT2D eigenvalue weighted by Gasteiger charge is -2.35. The van der Waals surface area contributed by atoms with Crippen LogP contribution in [0.4, 0.5) is 5.95 Å². The Morgan fingerprint density at radius 1 is 1.07 bits per heavy atom.